The third-order valence-electron chi connectivity index (χ3n) is 2.11. The highest BCUT2D eigenvalue weighted by Gasteiger charge is 1.92. The second-order valence-corrected chi connectivity index (χ2v) is 3.27. The first-order valence-corrected chi connectivity index (χ1v) is 5.03. The minimum absolute atomic E-state index is 0.808. The molecule has 2 aromatic rings. The van der Waals surface area contributed by atoms with Gasteiger partial charge in [-0.15, -0.1) is 0 Å². The van der Waals surface area contributed by atoms with Crippen molar-refractivity contribution < 1.29 is 0 Å². The van der Waals surface area contributed by atoms with Gasteiger partial charge in [0, 0.05) is 31.7 Å². The molecule has 78 valence electrons. The molecule has 0 radical (unpaired) electrons. The van der Waals surface area contributed by atoms with Gasteiger partial charge in [-0.2, -0.15) is 5.10 Å². The van der Waals surface area contributed by atoms with Crippen molar-refractivity contribution in [1.82, 2.24) is 20.1 Å². The van der Waals surface area contributed by atoms with Crippen LogP contribution in [0.1, 0.15) is 5.69 Å². The van der Waals surface area contributed by atoms with Crippen LogP contribution < -0.4 is 5.32 Å². The summed E-state index contributed by atoms with van der Waals surface area (Å²) in [5.41, 5.74) is 1.07. The summed E-state index contributed by atoms with van der Waals surface area (Å²) < 4.78 is 1.91. The molecule has 2 heterocycles. The molecule has 0 fully saturated rings. The third-order valence-corrected chi connectivity index (χ3v) is 2.11. The predicted octanol–water partition coefficient (Wildman–Crippen LogP) is 1.07. The zero-order chi connectivity index (χ0) is 10.3. The fourth-order valence-corrected chi connectivity index (χ4v) is 1.35. The smallest absolute Gasteiger partial charge is 0.0541 e. The van der Waals surface area contributed by atoms with Gasteiger partial charge in [-0.25, -0.2) is 0 Å². The van der Waals surface area contributed by atoms with Gasteiger partial charge in [0.25, 0.3) is 0 Å². The molecule has 1 N–H and O–H groups in total. The van der Waals surface area contributed by atoms with E-state index in [1.54, 1.807) is 6.20 Å². The molecule has 0 aliphatic carbocycles. The van der Waals surface area contributed by atoms with E-state index in [4.69, 9.17) is 0 Å². The van der Waals surface area contributed by atoms with E-state index in [-0.39, 0.29) is 0 Å². The van der Waals surface area contributed by atoms with Gasteiger partial charge in [0.1, 0.15) is 0 Å². The maximum Gasteiger partial charge on any atom is 0.0541 e. The summed E-state index contributed by atoms with van der Waals surface area (Å²) in [6.45, 7) is 2.60. The fraction of sp³-hybridized carbons (Fsp3) is 0.273. The molecule has 0 amide bonds. The molecule has 0 aromatic carbocycles. The zero-order valence-corrected chi connectivity index (χ0v) is 8.50. The topological polar surface area (TPSA) is 42.7 Å². The van der Waals surface area contributed by atoms with Gasteiger partial charge >= 0.3 is 0 Å². The molecular formula is C11H14N4. The maximum absolute atomic E-state index is 4.23. The largest absolute Gasteiger partial charge is 0.309 e. The molecule has 0 aliphatic heterocycles. The number of rotatable bonds is 5. The van der Waals surface area contributed by atoms with Crippen LogP contribution in [0.2, 0.25) is 0 Å². The van der Waals surface area contributed by atoms with Crippen LogP contribution in [0.15, 0.2) is 42.9 Å². The highest BCUT2D eigenvalue weighted by molar-refractivity contribution is 5.02. The van der Waals surface area contributed by atoms with Crippen molar-refractivity contribution >= 4 is 0 Å². The Morgan fingerprint density at radius 2 is 2.20 bits per heavy atom. The maximum atomic E-state index is 4.23. The number of hydrogen-bond acceptors (Lipinski definition) is 3. The van der Waals surface area contributed by atoms with Gasteiger partial charge in [-0.3, -0.25) is 9.67 Å². The van der Waals surface area contributed by atoms with Crippen molar-refractivity contribution in [3.8, 4) is 0 Å². The van der Waals surface area contributed by atoms with E-state index < -0.39 is 0 Å². The van der Waals surface area contributed by atoms with Crippen molar-refractivity contribution in [2.24, 2.45) is 0 Å². The number of aromatic nitrogens is 3. The zero-order valence-electron chi connectivity index (χ0n) is 8.50. The van der Waals surface area contributed by atoms with Crippen molar-refractivity contribution in [3.63, 3.8) is 0 Å². The Labute approximate surface area is 89.0 Å². The average molecular weight is 202 g/mol. The van der Waals surface area contributed by atoms with Crippen molar-refractivity contribution in [2.45, 2.75) is 13.1 Å². The standard InChI is InChI=1S/C11H14N4/c1-2-5-13-11(4-1)10-12-7-9-15-8-3-6-14-15/h1-6,8,12H,7,9-10H2. The van der Waals surface area contributed by atoms with Crippen LogP contribution >= 0.6 is 0 Å². The molecule has 0 atom stereocenters. The van der Waals surface area contributed by atoms with Crippen LogP contribution in [0, 0.1) is 0 Å². The van der Waals surface area contributed by atoms with Gasteiger partial charge in [-0.1, -0.05) is 6.07 Å². The summed E-state index contributed by atoms with van der Waals surface area (Å²) in [6.07, 6.45) is 5.56. The van der Waals surface area contributed by atoms with E-state index in [1.165, 1.54) is 0 Å². The highest BCUT2D eigenvalue weighted by atomic mass is 15.3. The predicted molar refractivity (Wildman–Crippen MR) is 58.2 cm³/mol. The third kappa shape index (κ3) is 3.18. The van der Waals surface area contributed by atoms with Crippen molar-refractivity contribution in [2.75, 3.05) is 6.54 Å². The summed E-state index contributed by atoms with van der Waals surface area (Å²) >= 11 is 0. The highest BCUT2D eigenvalue weighted by Crippen LogP contribution is 1.91. The van der Waals surface area contributed by atoms with E-state index in [0.29, 0.717) is 0 Å². The Kier molecular flexibility index (Phi) is 3.46. The molecule has 0 saturated heterocycles. The molecule has 15 heavy (non-hydrogen) atoms. The number of nitrogens with one attached hydrogen (secondary N) is 1. The lowest BCUT2D eigenvalue weighted by Crippen LogP contribution is -2.20. The summed E-state index contributed by atoms with van der Waals surface area (Å²) in [7, 11) is 0. The van der Waals surface area contributed by atoms with E-state index in [2.05, 4.69) is 15.4 Å². The van der Waals surface area contributed by atoms with Crippen LogP contribution in [0.4, 0.5) is 0 Å². The van der Waals surface area contributed by atoms with E-state index in [1.807, 2.05) is 41.3 Å². The Morgan fingerprint density at radius 1 is 1.20 bits per heavy atom. The van der Waals surface area contributed by atoms with Gasteiger partial charge in [0.15, 0.2) is 0 Å². The molecular weight excluding hydrogens is 188 g/mol. The molecule has 0 unspecified atom stereocenters. The van der Waals surface area contributed by atoms with E-state index in [9.17, 15) is 0 Å². The lowest BCUT2D eigenvalue weighted by molar-refractivity contribution is 0.551. The van der Waals surface area contributed by atoms with Crippen LogP contribution in [-0.2, 0) is 13.1 Å². The molecule has 0 aliphatic rings. The first kappa shape index (κ1) is 9.86. The van der Waals surface area contributed by atoms with Crippen LogP contribution in [0.3, 0.4) is 0 Å². The average Bonchev–Trinajstić information content (AvgIpc) is 2.79. The van der Waals surface area contributed by atoms with Crippen molar-refractivity contribution in [1.29, 1.82) is 0 Å². The number of hydrogen-bond donors (Lipinski definition) is 1. The Hall–Kier alpha value is -1.68. The van der Waals surface area contributed by atoms with E-state index >= 15 is 0 Å². The summed E-state index contributed by atoms with van der Waals surface area (Å²) in [5, 5.41) is 7.44. The molecule has 0 bridgehead atoms. The minimum atomic E-state index is 0.808. The number of nitrogens with zero attached hydrogens (tertiary/aromatic N) is 3. The van der Waals surface area contributed by atoms with Crippen molar-refractivity contribution in [3.05, 3.63) is 48.5 Å². The normalized spacial score (nSPS) is 10.4. The summed E-state index contributed by atoms with van der Waals surface area (Å²) in [6, 6.07) is 7.87. The second-order valence-electron chi connectivity index (χ2n) is 3.27. The van der Waals surface area contributed by atoms with Gasteiger partial charge < -0.3 is 5.32 Å². The van der Waals surface area contributed by atoms with Crippen LogP contribution in [-0.4, -0.2) is 21.3 Å². The van der Waals surface area contributed by atoms with Crippen LogP contribution in [0.25, 0.3) is 0 Å². The minimum Gasteiger partial charge on any atom is -0.309 e. The van der Waals surface area contributed by atoms with E-state index in [0.717, 1.165) is 25.3 Å². The lowest BCUT2D eigenvalue weighted by atomic mass is 10.3. The molecule has 4 nitrogen and oxygen atoms in total. The first-order valence-electron chi connectivity index (χ1n) is 5.03. The Balaban J connectivity index is 1.68. The summed E-state index contributed by atoms with van der Waals surface area (Å²) in [5.74, 6) is 0. The first-order chi connectivity index (χ1) is 7.45. The second kappa shape index (κ2) is 5.26. The molecule has 2 aromatic heterocycles. The molecule has 2 rings (SSSR count). The Bertz CT molecular complexity index is 369. The number of pyridine rings is 1. The monoisotopic (exact) mass is 202 g/mol. The SMILES string of the molecule is c1ccc(CNCCn2cccn2)nc1. The quantitative estimate of drug-likeness (QED) is 0.737. The fourth-order valence-electron chi connectivity index (χ4n) is 1.35. The molecule has 0 saturated carbocycles. The molecule has 4 heteroatoms. The lowest BCUT2D eigenvalue weighted by Gasteiger charge is -2.04. The Morgan fingerprint density at radius 3 is 2.93 bits per heavy atom. The van der Waals surface area contributed by atoms with Gasteiger partial charge in [0.2, 0.25) is 0 Å². The summed E-state index contributed by atoms with van der Waals surface area (Å²) in [4.78, 5) is 4.23. The van der Waals surface area contributed by atoms with Gasteiger partial charge in [0.05, 0.1) is 12.2 Å². The molecule has 0 spiro atoms. The van der Waals surface area contributed by atoms with Crippen LogP contribution in [0.5, 0.6) is 0 Å². The van der Waals surface area contributed by atoms with Gasteiger partial charge in [-0.05, 0) is 18.2 Å².